The Bertz CT molecular complexity index is 472. The van der Waals surface area contributed by atoms with E-state index in [0.29, 0.717) is 17.2 Å². The van der Waals surface area contributed by atoms with Gasteiger partial charge in [0.05, 0.1) is 6.04 Å². The SMILES string of the molecule is CCC(C)n1nc(N2CCC(N)C2)c(C#N)c1N. The third-order valence-corrected chi connectivity index (χ3v) is 3.57. The van der Waals surface area contributed by atoms with Crippen LogP contribution in [0.1, 0.15) is 38.3 Å². The summed E-state index contributed by atoms with van der Waals surface area (Å²) in [6.45, 7) is 5.70. The molecule has 1 fully saturated rings. The Morgan fingerprint density at radius 3 is 2.83 bits per heavy atom. The molecule has 1 aliphatic rings. The van der Waals surface area contributed by atoms with Crippen LogP contribution in [0.2, 0.25) is 0 Å². The van der Waals surface area contributed by atoms with Crippen molar-refractivity contribution in [3.8, 4) is 6.07 Å². The minimum absolute atomic E-state index is 0.159. The molecule has 6 nitrogen and oxygen atoms in total. The minimum Gasteiger partial charge on any atom is -0.383 e. The van der Waals surface area contributed by atoms with Crippen molar-refractivity contribution in [3.63, 3.8) is 0 Å². The number of hydrogen-bond donors (Lipinski definition) is 2. The summed E-state index contributed by atoms with van der Waals surface area (Å²) in [6.07, 6.45) is 1.86. The van der Waals surface area contributed by atoms with Crippen molar-refractivity contribution in [1.29, 1.82) is 5.26 Å². The first-order chi connectivity index (χ1) is 8.58. The summed E-state index contributed by atoms with van der Waals surface area (Å²) in [5.41, 5.74) is 12.4. The lowest BCUT2D eigenvalue weighted by molar-refractivity contribution is 0.484. The lowest BCUT2D eigenvalue weighted by Crippen LogP contribution is -2.27. The second kappa shape index (κ2) is 4.86. The van der Waals surface area contributed by atoms with Gasteiger partial charge in [-0.15, -0.1) is 0 Å². The molecule has 2 heterocycles. The van der Waals surface area contributed by atoms with Gasteiger partial charge in [0, 0.05) is 19.1 Å². The van der Waals surface area contributed by atoms with Gasteiger partial charge in [0.2, 0.25) is 0 Å². The molecule has 0 saturated carbocycles. The van der Waals surface area contributed by atoms with Gasteiger partial charge < -0.3 is 16.4 Å². The smallest absolute Gasteiger partial charge is 0.170 e. The predicted molar refractivity (Wildman–Crippen MR) is 71.2 cm³/mol. The number of nitrogens with two attached hydrogens (primary N) is 2. The van der Waals surface area contributed by atoms with Crippen molar-refractivity contribution >= 4 is 11.6 Å². The van der Waals surface area contributed by atoms with Gasteiger partial charge in [-0.2, -0.15) is 10.4 Å². The molecule has 1 aliphatic heterocycles. The molecule has 0 aromatic carbocycles. The fourth-order valence-electron chi connectivity index (χ4n) is 2.25. The standard InChI is InChI=1S/C12H20N6/c1-3-8(2)18-11(15)10(6-13)12(16-18)17-5-4-9(14)7-17/h8-9H,3-5,7,14-15H2,1-2H3. The van der Waals surface area contributed by atoms with Crippen molar-refractivity contribution in [3.05, 3.63) is 5.56 Å². The highest BCUT2D eigenvalue weighted by atomic mass is 15.4. The van der Waals surface area contributed by atoms with Crippen LogP contribution in [-0.4, -0.2) is 28.9 Å². The Morgan fingerprint density at radius 1 is 1.61 bits per heavy atom. The zero-order valence-corrected chi connectivity index (χ0v) is 10.9. The number of aromatic nitrogens is 2. The quantitative estimate of drug-likeness (QED) is 0.826. The molecule has 1 aromatic heterocycles. The molecule has 2 atom stereocenters. The summed E-state index contributed by atoms with van der Waals surface area (Å²) in [5.74, 6) is 1.14. The third-order valence-electron chi connectivity index (χ3n) is 3.57. The van der Waals surface area contributed by atoms with Crippen LogP contribution < -0.4 is 16.4 Å². The molecular formula is C12H20N6. The van der Waals surface area contributed by atoms with Crippen LogP contribution >= 0.6 is 0 Å². The van der Waals surface area contributed by atoms with E-state index in [4.69, 9.17) is 11.5 Å². The second-order valence-corrected chi connectivity index (χ2v) is 4.89. The van der Waals surface area contributed by atoms with Crippen molar-refractivity contribution < 1.29 is 0 Å². The third kappa shape index (κ3) is 2.02. The van der Waals surface area contributed by atoms with E-state index in [0.717, 1.165) is 25.9 Å². The van der Waals surface area contributed by atoms with E-state index < -0.39 is 0 Å². The molecule has 2 unspecified atom stereocenters. The molecule has 0 spiro atoms. The van der Waals surface area contributed by atoms with E-state index in [9.17, 15) is 5.26 Å². The maximum Gasteiger partial charge on any atom is 0.170 e. The fraction of sp³-hybridized carbons (Fsp3) is 0.667. The summed E-state index contributed by atoms with van der Waals surface area (Å²) in [5, 5.41) is 13.8. The first-order valence-corrected chi connectivity index (χ1v) is 6.37. The lowest BCUT2D eigenvalue weighted by Gasteiger charge is -2.15. The van der Waals surface area contributed by atoms with Crippen molar-refractivity contribution in [2.24, 2.45) is 5.73 Å². The Hall–Kier alpha value is -1.74. The van der Waals surface area contributed by atoms with E-state index in [1.165, 1.54) is 0 Å². The maximum absolute atomic E-state index is 9.25. The Balaban J connectivity index is 2.39. The van der Waals surface area contributed by atoms with Crippen LogP contribution in [0.3, 0.4) is 0 Å². The van der Waals surface area contributed by atoms with Gasteiger partial charge >= 0.3 is 0 Å². The first kappa shape index (κ1) is 12.7. The molecule has 18 heavy (non-hydrogen) atoms. The molecule has 2 rings (SSSR count). The molecule has 0 radical (unpaired) electrons. The van der Waals surface area contributed by atoms with Crippen LogP contribution in [0.4, 0.5) is 11.6 Å². The molecule has 4 N–H and O–H groups in total. The topological polar surface area (TPSA) is 96.9 Å². The van der Waals surface area contributed by atoms with Gasteiger partial charge in [0.1, 0.15) is 17.5 Å². The summed E-state index contributed by atoms with van der Waals surface area (Å²) in [4.78, 5) is 2.05. The fourth-order valence-corrected chi connectivity index (χ4v) is 2.25. The molecule has 1 saturated heterocycles. The highest BCUT2D eigenvalue weighted by Crippen LogP contribution is 2.29. The van der Waals surface area contributed by atoms with E-state index >= 15 is 0 Å². The van der Waals surface area contributed by atoms with Crippen LogP contribution in [-0.2, 0) is 0 Å². The molecule has 0 amide bonds. The molecule has 98 valence electrons. The van der Waals surface area contributed by atoms with E-state index in [1.807, 2.05) is 6.92 Å². The predicted octanol–water partition coefficient (Wildman–Crippen LogP) is 0.845. The summed E-state index contributed by atoms with van der Waals surface area (Å²) < 4.78 is 1.75. The van der Waals surface area contributed by atoms with Crippen LogP contribution in [0, 0.1) is 11.3 Å². The second-order valence-electron chi connectivity index (χ2n) is 4.89. The molecule has 1 aromatic rings. The van der Waals surface area contributed by atoms with Crippen LogP contribution in [0.25, 0.3) is 0 Å². The van der Waals surface area contributed by atoms with Gasteiger partial charge in [-0.05, 0) is 19.8 Å². The normalized spacial score (nSPS) is 21.0. The Kier molecular flexibility index (Phi) is 3.43. The number of rotatable bonds is 3. The van der Waals surface area contributed by atoms with Crippen molar-refractivity contribution in [2.75, 3.05) is 23.7 Å². The minimum atomic E-state index is 0.159. The Labute approximate surface area is 107 Å². The number of anilines is 2. The van der Waals surface area contributed by atoms with Gasteiger partial charge in [-0.3, -0.25) is 0 Å². The van der Waals surface area contributed by atoms with Crippen LogP contribution in [0.15, 0.2) is 0 Å². The zero-order valence-electron chi connectivity index (χ0n) is 10.9. The monoisotopic (exact) mass is 248 g/mol. The molecular weight excluding hydrogens is 228 g/mol. The highest BCUT2D eigenvalue weighted by Gasteiger charge is 2.27. The van der Waals surface area contributed by atoms with E-state index in [2.05, 4.69) is 23.0 Å². The Morgan fingerprint density at radius 2 is 2.33 bits per heavy atom. The molecule has 0 bridgehead atoms. The van der Waals surface area contributed by atoms with Crippen LogP contribution in [0.5, 0.6) is 0 Å². The van der Waals surface area contributed by atoms with Gasteiger partial charge in [-0.25, -0.2) is 4.68 Å². The summed E-state index contributed by atoms with van der Waals surface area (Å²) >= 11 is 0. The number of nitrogens with zero attached hydrogens (tertiary/aromatic N) is 4. The number of hydrogen-bond acceptors (Lipinski definition) is 5. The lowest BCUT2D eigenvalue weighted by atomic mass is 10.2. The van der Waals surface area contributed by atoms with E-state index in [-0.39, 0.29) is 12.1 Å². The van der Waals surface area contributed by atoms with E-state index in [1.54, 1.807) is 4.68 Å². The average Bonchev–Trinajstić information content (AvgIpc) is 2.92. The molecule has 6 heteroatoms. The highest BCUT2D eigenvalue weighted by molar-refractivity contribution is 5.65. The largest absolute Gasteiger partial charge is 0.383 e. The van der Waals surface area contributed by atoms with Crippen molar-refractivity contribution in [2.45, 2.75) is 38.8 Å². The maximum atomic E-state index is 9.25. The number of nitriles is 1. The zero-order chi connectivity index (χ0) is 13.3. The summed E-state index contributed by atoms with van der Waals surface area (Å²) in [7, 11) is 0. The summed E-state index contributed by atoms with van der Waals surface area (Å²) in [6, 6.07) is 2.52. The van der Waals surface area contributed by atoms with Crippen molar-refractivity contribution in [1.82, 2.24) is 9.78 Å². The van der Waals surface area contributed by atoms with Gasteiger partial charge in [0.25, 0.3) is 0 Å². The first-order valence-electron chi connectivity index (χ1n) is 6.37. The number of nitrogen functional groups attached to an aromatic ring is 1. The van der Waals surface area contributed by atoms with Gasteiger partial charge in [-0.1, -0.05) is 6.92 Å². The molecule has 0 aliphatic carbocycles. The average molecular weight is 248 g/mol. The van der Waals surface area contributed by atoms with Gasteiger partial charge in [0.15, 0.2) is 5.82 Å².